The van der Waals surface area contributed by atoms with Crippen molar-refractivity contribution < 1.29 is 0 Å². The summed E-state index contributed by atoms with van der Waals surface area (Å²) < 4.78 is 1.11. The Hall–Kier alpha value is -1.80. The Balaban J connectivity index is 2.30. The molecule has 0 unspecified atom stereocenters. The molecular weight excluding hydrogens is 310 g/mol. The third-order valence-corrected chi connectivity index (χ3v) is 3.97. The lowest BCUT2D eigenvalue weighted by molar-refractivity contribution is 1.14. The molecule has 0 aromatic heterocycles. The van der Waals surface area contributed by atoms with Crippen LogP contribution in [-0.2, 0) is 0 Å². The minimum Gasteiger partial charge on any atom is -0.377 e. The predicted octanol–water partition coefficient (Wildman–Crippen LogP) is 5.34. The van der Waals surface area contributed by atoms with Crippen LogP contribution in [0.15, 0.2) is 65.1 Å². The summed E-state index contributed by atoms with van der Waals surface area (Å²) in [6, 6.07) is 21.5. The Morgan fingerprint density at radius 3 is 2.25 bits per heavy atom. The molecule has 0 heterocycles. The molecule has 2 heteroatoms. The van der Waals surface area contributed by atoms with Crippen LogP contribution in [0.25, 0.3) is 21.9 Å². The van der Waals surface area contributed by atoms with E-state index >= 15 is 0 Å². The molecule has 3 aromatic carbocycles. The minimum absolute atomic E-state index is 1.11. The first-order valence-corrected chi connectivity index (χ1v) is 7.40. The average molecular weight is 326 g/mol. The van der Waals surface area contributed by atoms with Crippen LogP contribution in [0.5, 0.6) is 0 Å². The maximum absolute atomic E-state index is 3.56. The largest absolute Gasteiger partial charge is 0.377 e. The molecule has 100 valence electrons. The van der Waals surface area contributed by atoms with Gasteiger partial charge in [-0.3, -0.25) is 0 Å². The van der Waals surface area contributed by atoms with Crippen molar-refractivity contribution >= 4 is 32.4 Å². The molecule has 0 aliphatic heterocycles. The lowest BCUT2D eigenvalue weighted by atomic mass is 9.99. The van der Waals surface area contributed by atoms with E-state index in [0.29, 0.717) is 0 Å². The number of anilines is 1. The highest BCUT2D eigenvalue weighted by atomic mass is 79.9. The molecular formula is C18H16BrN. The monoisotopic (exact) mass is 325 g/mol. The highest BCUT2D eigenvalue weighted by molar-refractivity contribution is 9.10. The molecule has 0 saturated carbocycles. The van der Waals surface area contributed by atoms with Crippen molar-refractivity contribution in [2.45, 2.75) is 0 Å². The second kappa shape index (κ2) is 5.29. The summed E-state index contributed by atoms with van der Waals surface area (Å²) in [4.78, 5) is 2.17. The number of nitrogens with zero attached hydrogens (tertiary/aromatic N) is 1. The van der Waals surface area contributed by atoms with Gasteiger partial charge in [-0.25, -0.2) is 0 Å². The Morgan fingerprint density at radius 2 is 1.55 bits per heavy atom. The zero-order chi connectivity index (χ0) is 14.1. The van der Waals surface area contributed by atoms with Gasteiger partial charge in [-0.05, 0) is 40.8 Å². The van der Waals surface area contributed by atoms with Gasteiger partial charge in [-0.15, -0.1) is 0 Å². The van der Waals surface area contributed by atoms with Crippen molar-refractivity contribution in [2.24, 2.45) is 0 Å². The Kier molecular flexibility index (Phi) is 3.49. The summed E-state index contributed by atoms with van der Waals surface area (Å²) >= 11 is 3.56. The normalized spacial score (nSPS) is 10.8. The molecule has 0 bridgehead atoms. The van der Waals surface area contributed by atoms with Crippen LogP contribution < -0.4 is 4.90 Å². The zero-order valence-corrected chi connectivity index (χ0v) is 13.2. The maximum atomic E-state index is 3.56. The lowest BCUT2D eigenvalue weighted by Gasteiger charge is -2.18. The first kappa shape index (κ1) is 13.2. The van der Waals surface area contributed by atoms with Gasteiger partial charge in [-0.2, -0.15) is 0 Å². The van der Waals surface area contributed by atoms with Gasteiger partial charge in [0.1, 0.15) is 0 Å². The Morgan fingerprint density at radius 1 is 0.800 bits per heavy atom. The van der Waals surface area contributed by atoms with Gasteiger partial charge < -0.3 is 4.90 Å². The molecule has 0 atom stereocenters. The van der Waals surface area contributed by atoms with E-state index in [2.05, 4.69) is 89.5 Å². The van der Waals surface area contributed by atoms with E-state index in [0.717, 1.165) is 4.47 Å². The molecule has 0 saturated heterocycles. The van der Waals surface area contributed by atoms with Gasteiger partial charge >= 0.3 is 0 Å². The Labute approximate surface area is 128 Å². The molecule has 0 aliphatic carbocycles. The second-order valence-electron chi connectivity index (χ2n) is 5.12. The third-order valence-electron chi connectivity index (χ3n) is 3.48. The van der Waals surface area contributed by atoms with E-state index in [9.17, 15) is 0 Å². The molecule has 20 heavy (non-hydrogen) atoms. The number of rotatable bonds is 2. The number of hydrogen-bond acceptors (Lipinski definition) is 1. The van der Waals surface area contributed by atoms with E-state index in [1.165, 1.54) is 27.6 Å². The van der Waals surface area contributed by atoms with Crippen molar-refractivity contribution in [3.05, 3.63) is 65.1 Å². The number of benzene rings is 3. The Bertz CT molecular complexity index is 748. The van der Waals surface area contributed by atoms with Crippen LogP contribution in [-0.4, -0.2) is 14.1 Å². The SMILES string of the molecule is CN(C)c1cc(-c2ccccc2)cc2cc(Br)ccc12. The summed E-state index contributed by atoms with van der Waals surface area (Å²) in [5, 5.41) is 2.53. The van der Waals surface area contributed by atoms with E-state index < -0.39 is 0 Å². The summed E-state index contributed by atoms with van der Waals surface area (Å²) in [5.41, 5.74) is 3.74. The summed E-state index contributed by atoms with van der Waals surface area (Å²) in [7, 11) is 4.18. The molecule has 0 N–H and O–H groups in total. The summed E-state index contributed by atoms with van der Waals surface area (Å²) in [6.07, 6.45) is 0. The van der Waals surface area contributed by atoms with Gasteiger partial charge in [0.05, 0.1) is 0 Å². The van der Waals surface area contributed by atoms with E-state index in [1.807, 2.05) is 6.07 Å². The van der Waals surface area contributed by atoms with Crippen LogP contribution in [0.4, 0.5) is 5.69 Å². The first-order valence-electron chi connectivity index (χ1n) is 6.61. The fourth-order valence-corrected chi connectivity index (χ4v) is 2.87. The summed E-state index contributed by atoms with van der Waals surface area (Å²) in [6.45, 7) is 0. The standard InChI is InChI=1S/C18H16BrN/c1-20(2)18-12-14(13-6-4-3-5-7-13)10-15-11-16(19)8-9-17(15)18/h3-12H,1-2H3. The molecule has 3 aromatic rings. The van der Waals surface area contributed by atoms with Crippen LogP contribution in [0.1, 0.15) is 0 Å². The minimum atomic E-state index is 1.11. The lowest BCUT2D eigenvalue weighted by Crippen LogP contribution is -2.09. The van der Waals surface area contributed by atoms with Crippen LogP contribution >= 0.6 is 15.9 Å². The van der Waals surface area contributed by atoms with Crippen molar-refractivity contribution in [3.8, 4) is 11.1 Å². The smallest absolute Gasteiger partial charge is 0.0446 e. The van der Waals surface area contributed by atoms with Crippen molar-refractivity contribution in [1.29, 1.82) is 0 Å². The highest BCUT2D eigenvalue weighted by Gasteiger charge is 2.07. The fraction of sp³-hybridized carbons (Fsp3) is 0.111. The number of fused-ring (bicyclic) bond motifs is 1. The molecule has 0 spiro atoms. The van der Waals surface area contributed by atoms with Crippen LogP contribution in [0.2, 0.25) is 0 Å². The molecule has 3 rings (SSSR count). The number of hydrogen-bond donors (Lipinski definition) is 0. The predicted molar refractivity (Wildman–Crippen MR) is 91.4 cm³/mol. The molecule has 1 nitrogen and oxygen atoms in total. The van der Waals surface area contributed by atoms with Gasteiger partial charge in [0.25, 0.3) is 0 Å². The van der Waals surface area contributed by atoms with Crippen molar-refractivity contribution in [2.75, 3.05) is 19.0 Å². The third kappa shape index (κ3) is 2.44. The fourth-order valence-electron chi connectivity index (χ4n) is 2.49. The van der Waals surface area contributed by atoms with E-state index in [4.69, 9.17) is 0 Å². The molecule has 0 fully saturated rings. The molecule has 0 amide bonds. The molecule has 0 aliphatic rings. The van der Waals surface area contributed by atoms with Gasteiger partial charge in [-0.1, -0.05) is 52.3 Å². The maximum Gasteiger partial charge on any atom is 0.0446 e. The first-order chi connectivity index (χ1) is 9.65. The van der Waals surface area contributed by atoms with E-state index in [1.54, 1.807) is 0 Å². The highest BCUT2D eigenvalue weighted by Crippen LogP contribution is 2.33. The van der Waals surface area contributed by atoms with Gasteiger partial charge in [0, 0.05) is 29.6 Å². The van der Waals surface area contributed by atoms with Crippen molar-refractivity contribution in [3.63, 3.8) is 0 Å². The van der Waals surface area contributed by atoms with E-state index in [-0.39, 0.29) is 0 Å². The van der Waals surface area contributed by atoms with Gasteiger partial charge in [0.2, 0.25) is 0 Å². The quantitative estimate of drug-likeness (QED) is 0.615. The zero-order valence-electron chi connectivity index (χ0n) is 11.6. The molecule has 0 radical (unpaired) electrons. The van der Waals surface area contributed by atoms with Crippen molar-refractivity contribution in [1.82, 2.24) is 0 Å². The van der Waals surface area contributed by atoms with Crippen LogP contribution in [0, 0.1) is 0 Å². The average Bonchev–Trinajstić information content (AvgIpc) is 2.46. The second-order valence-corrected chi connectivity index (χ2v) is 6.04. The van der Waals surface area contributed by atoms with Gasteiger partial charge in [0.15, 0.2) is 0 Å². The van der Waals surface area contributed by atoms with Crippen LogP contribution in [0.3, 0.4) is 0 Å². The number of halogens is 1. The topological polar surface area (TPSA) is 3.24 Å². The summed E-state index contributed by atoms with van der Waals surface area (Å²) in [5.74, 6) is 0.